The molecule has 0 atom stereocenters. The normalized spacial score (nSPS) is 14.2. The first-order chi connectivity index (χ1) is 16.9. The molecule has 0 saturated heterocycles. The molecule has 1 aliphatic carbocycles. The highest BCUT2D eigenvalue weighted by Crippen LogP contribution is 2.27. The van der Waals surface area contributed by atoms with Gasteiger partial charge in [0.2, 0.25) is 0 Å². The van der Waals surface area contributed by atoms with Crippen LogP contribution < -0.4 is 20.5 Å². The van der Waals surface area contributed by atoms with Crippen molar-refractivity contribution in [3.8, 4) is 5.75 Å². The Kier molecular flexibility index (Phi) is 6.04. The minimum Gasteiger partial charge on any atom is -0.490 e. The Bertz CT molecular complexity index is 1550. The van der Waals surface area contributed by atoms with Crippen LogP contribution in [0.2, 0.25) is 0 Å². The van der Waals surface area contributed by atoms with Crippen LogP contribution in [-0.2, 0) is 10.0 Å². The van der Waals surface area contributed by atoms with E-state index in [0.29, 0.717) is 22.5 Å². The van der Waals surface area contributed by atoms with Crippen molar-refractivity contribution in [2.75, 3.05) is 10.0 Å². The Morgan fingerprint density at radius 2 is 1.69 bits per heavy atom. The van der Waals surface area contributed by atoms with E-state index < -0.39 is 21.6 Å². The van der Waals surface area contributed by atoms with Gasteiger partial charge < -0.3 is 20.0 Å². The van der Waals surface area contributed by atoms with Gasteiger partial charge in [0.1, 0.15) is 5.75 Å². The molecular weight excluding hydrogens is 468 g/mol. The molecule has 1 heterocycles. The van der Waals surface area contributed by atoms with Crippen molar-refractivity contribution in [3.63, 3.8) is 0 Å². The average Bonchev–Trinajstić information content (AvgIpc) is 3.47. The molecule has 10 heteroatoms. The van der Waals surface area contributed by atoms with Crippen molar-refractivity contribution in [1.82, 2.24) is 9.97 Å². The lowest BCUT2D eigenvalue weighted by Crippen LogP contribution is -2.18. The highest BCUT2D eigenvalue weighted by molar-refractivity contribution is 7.92. The topological polar surface area (TPSA) is 133 Å². The zero-order valence-corrected chi connectivity index (χ0v) is 19.5. The number of sulfonamides is 1. The van der Waals surface area contributed by atoms with Gasteiger partial charge in [0.15, 0.2) is 0 Å². The first-order valence-corrected chi connectivity index (χ1v) is 12.8. The van der Waals surface area contributed by atoms with Gasteiger partial charge in [-0.25, -0.2) is 13.2 Å². The molecule has 0 aliphatic heterocycles. The number of para-hydroxylation sites is 1. The number of carbonyl (C=O) groups is 1. The van der Waals surface area contributed by atoms with Crippen molar-refractivity contribution in [2.45, 2.75) is 36.7 Å². The second-order valence-corrected chi connectivity index (χ2v) is 10.1. The zero-order valence-electron chi connectivity index (χ0n) is 18.7. The van der Waals surface area contributed by atoms with E-state index in [1.165, 1.54) is 24.3 Å². The summed E-state index contributed by atoms with van der Waals surface area (Å²) in [4.78, 5) is 29.6. The molecule has 1 fully saturated rings. The monoisotopic (exact) mass is 492 g/mol. The third-order valence-corrected chi connectivity index (χ3v) is 7.27. The number of hydrogen-bond donors (Lipinski definition) is 4. The quantitative estimate of drug-likeness (QED) is 0.306. The van der Waals surface area contributed by atoms with Crippen LogP contribution in [0.15, 0.2) is 76.4 Å². The number of fused-ring (bicyclic) bond motifs is 1. The maximum absolute atomic E-state index is 13.1. The van der Waals surface area contributed by atoms with Gasteiger partial charge in [-0.15, -0.1) is 0 Å². The van der Waals surface area contributed by atoms with Gasteiger partial charge in [-0.1, -0.05) is 18.2 Å². The molecular formula is C25H24N4O5S. The summed E-state index contributed by atoms with van der Waals surface area (Å²) < 4.78 is 34.6. The molecule has 0 unspecified atom stereocenters. The van der Waals surface area contributed by atoms with Crippen molar-refractivity contribution in [1.29, 1.82) is 0 Å². The largest absolute Gasteiger partial charge is 0.490 e. The Morgan fingerprint density at radius 3 is 2.51 bits per heavy atom. The molecule has 0 bridgehead atoms. The number of aromatic nitrogens is 2. The number of amides is 1. The number of anilines is 2. The predicted octanol–water partition coefficient (Wildman–Crippen LogP) is 4.23. The van der Waals surface area contributed by atoms with E-state index in [1.807, 2.05) is 6.07 Å². The fraction of sp³-hybridized carbons (Fsp3) is 0.200. The summed E-state index contributed by atoms with van der Waals surface area (Å²) in [6.45, 7) is 0. The summed E-state index contributed by atoms with van der Waals surface area (Å²) in [7, 11) is -4.03. The minimum absolute atomic E-state index is 0.0489. The third-order valence-electron chi connectivity index (χ3n) is 5.91. The van der Waals surface area contributed by atoms with Gasteiger partial charge in [0.05, 0.1) is 33.3 Å². The van der Waals surface area contributed by atoms with Gasteiger partial charge in [-0.3, -0.25) is 9.52 Å². The summed E-state index contributed by atoms with van der Waals surface area (Å²) in [5.74, 6) is 0.216. The van der Waals surface area contributed by atoms with E-state index in [2.05, 4.69) is 20.0 Å². The first-order valence-electron chi connectivity index (χ1n) is 11.3. The maximum Gasteiger partial charge on any atom is 0.323 e. The Hall–Kier alpha value is -4.05. The molecule has 4 aromatic rings. The van der Waals surface area contributed by atoms with Gasteiger partial charge in [0, 0.05) is 11.8 Å². The number of imidazole rings is 1. The summed E-state index contributed by atoms with van der Waals surface area (Å²) >= 11 is 0. The number of aromatic amines is 2. The Balaban J connectivity index is 1.35. The second kappa shape index (κ2) is 9.30. The van der Waals surface area contributed by atoms with Crippen LogP contribution in [0.4, 0.5) is 11.4 Å². The van der Waals surface area contributed by atoms with Crippen LogP contribution in [0.25, 0.3) is 11.0 Å². The van der Waals surface area contributed by atoms with Crippen LogP contribution >= 0.6 is 0 Å². The average molecular weight is 493 g/mol. The van der Waals surface area contributed by atoms with Crippen LogP contribution in [0.3, 0.4) is 0 Å². The van der Waals surface area contributed by atoms with E-state index in [4.69, 9.17) is 4.74 Å². The number of H-pyrrole nitrogens is 2. The third kappa shape index (κ3) is 5.07. The summed E-state index contributed by atoms with van der Waals surface area (Å²) in [6.07, 6.45) is 4.56. The van der Waals surface area contributed by atoms with Crippen molar-refractivity contribution >= 4 is 38.3 Å². The fourth-order valence-electron chi connectivity index (χ4n) is 4.20. The molecule has 3 aromatic carbocycles. The molecule has 1 saturated carbocycles. The van der Waals surface area contributed by atoms with Gasteiger partial charge in [-0.05, 0) is 68.1 Å². The lowest BCUT2D eigenvalue weighted by Gasteiger charge is -2.15. The van der Waals surface area contributed by atoms with Crippen molar-refractivity contribution in [3.05, 3.63) is 82.8 Å². The number of hydrogen-bond acceptors (Lipinski definition) is 5. The smallest absolute Gasteiger partial charge is 0.323 e. The van der Waals surface area contributed by atoms with E-state index in [9.17, 15) is 18.0 Å². The van der Waals surface area contributed by atoms with Gasteiger partial charge in [0.25, 0.3) is 15.9 Å². The van der Waals surface area contributed by atoms with Crippen LogP contribution in [-0.4, -0.2) is 30.4 Å². The first kappa shape index (κ1) is 22.7. The fourth-order valence-corrected chi connectivity index (χ4v) is 5.30. The molecule has 9 nitrogen and oxygen atoms in total. The van der Waals surface area contributed by atoms with Gasteiger partial charge >= 0.3 is 5.69 Å². The standard InChI is InChI=1S/C25H24N4O5S/c30-24(26-16-6-5-9-18(14-16)34-17-7-1-2-8-17)20-10-3-4-11-21(20)29-35(32,33)19-12-13-22-23(15-19)28-25(31)27-22/h3-6,9-15,17,29H,1-2,7-8H2,(H,26,30)(H2,27,28,31). The molecule has 180 valence electrons. The summed E-state index contributed by atoms with van der Waals surface area (Å²) in [5.41, 5.74) is 1.27. The lowest BCUT2D eigenvalue weighted by molar-refractivity contribution is 0.102. The number of benzene rings is 3. The van der Waals surface area contributed by atoms with E-state index in [1.54, 1.807) is 36.4 Å². The number of rotatable bonds is 7. The van der Waals surface area contributed by atoms with Crippen molar-refractivity contribution in [2.24, 2.45) is 0 Å². The van der Waals surface area contributed by atoms with Crippen LogP contribution in [0.1, 0.15) is 36.0 Å². The highest BCUT2D eigenvalue weighted by atomic mass is 32.2. The van der Waals surface area contributed by atoms with E-state index >= 15 is 0 Å². The molecule has 0 radical (unpaired) electrons. The predicted molar refractivity (Wildman–Crippen MR) is 133 cm³/mol. The Labute approximate surface area is 201 Å². The number of ether oxygens (including phenoxy) is 1. The lowest BCUT2D eigenvalue weighted by atomic mass is 10.1. The highest BCUT2D eigenvalue weighted by Gasteiger charge is 2.20. The molecule has 5 rings (SSSR count). The molecule has 0 spiro atoms. The molecule has 35 heavy (non-hydrogen) atoms. The number of nitrogens with one attached hydrogen (secondary N) is 4. The molecule has 1 amide bonds. The summed E-state index contributed by atoms with van der Waals surface area (Å²) in [6, 6.07) is 17.7. The van der Waals surface area contributed by atoms with Gasteiger partial charge in [-0.2, -0.15) is 0 Å². The van der Waals surface area contributed by atoms with E-state index in [-0.39, 0.29) is 22.3 Å². The van der Waals surface area contributed by atoms with Crippen molar-refractivity contribution < 1.29 is 17.9 Å². The molecule has 1 aromatic heterocycles. The van der Waals surface area contributed by atoms with Crippen LogP contribution in [0, 0.1) is 0 Å². The Morgan fingerprint density at radius 1 is 0.914 bits per heavy atom. The second-order valence-electron chi connectivity index (χ2n) is 8.44. The van der Waals surface area contributed by atoms with E-state index in [0.717, 1.165) is 25.7 Å². The maximum atomic E-state index is 13.1. The van der Waals surface area contributed by atoms with Crippen LogP contribution in [0.5, 0.6) is 5.75 Å². The number of carbonyl (C=O) groups excluding carboxylic acids is 1. The minimum atomic E-state index is -4.03. The molecule has 1 aliphatic rings. The molecule has 4 N–H and O–H groups in total. The SMILES string of the molecule is O=C(Nc1cccc(OC2CCCC2)c1)c1ccccc1NS(=O)(=O)c1ccc2[nH]c(=O)[nH]c2c1. The summed E-state index contributed by atoms with van der Waals surface area (Å²) in [5, 5.41) is 2.82. The zero-order chi connectivity index (χ0) is 24.4.